The molecule has 0 saturated heterocycles. The van der Waals surface area contributed by atoms with Crippen LogP contribution in [0.25, 0.3) is 11.0 Å². The van der Waals surface area contributed by atoms with Crippen molar-refractivity contribution in [3.63, 3.8) is 0 Å². The molecule has 5 heteroatoms. The van der Waals surface area contributed by atoms with Gasteiger partial charge in [-0.2, -0.15) is 0 Å². The van der Waals surface area contributed by atoms with Gasteiger partial charge >= 0.3 is 6.09 Å². The summed E-state index contributed by atoms with van der Waals surface area (Å²) in [6, 6.07) is 27.5. The van der Waals surface area contributed by atoms with Crippen molar-refractivity contribution in [1.29, 1.82) is 0 Å². The first-order valence-corrected chi connectivity index (χ1v) is 8.76. The normalized spacial score (nSPS) is 10.7. The lowest BCUT2D eigenvalue weighted by Crippen LogP contribution is -2.17. The molecule has 1 heterocycles. The Morgan fingerprint density at radius 2 is 1.48 bits per heavy atom. The topological polar surface area (TPSA) is 56.2 Å². The molecule has 134 valence electrons. The molecule has 1 N–H and O–H groups in total. The molecule has 0 atom stereocenters. The number of imidazole rings is 1. The van der Waals surface area contributed by atoms with Crippen LogP contribution >= 0.6 is 0 Å². The van der Waals surface area contributed by atoms with E-state index >= 15 is 0 Å². The largest absolute Gasteiger partial charge is 0.444 e. The SMILES string of the molecule is O=C(Nc1nc2ccccc2n1Cc1ccccc1)OCc1ccccc1. The molecule has 1 aromatic heterocycles. The number of anilines is 1. The summed E-state index contributed by atoms with van der Waals surface area (Å²) in [5, 5.41) is 2.78. The molecule has 0 fully saturated rings. The molecular formula is C22H19N3O2. The van der Waals surface area contributed by atoms with Crippen LogP contribution in [0.15, 0.2) is 84.9 Å². The van der Waals surface area contributed by atoms with Gasteiger partial charge in [0.05, 0.1) is 17.6 Å². The predicted molar refractivity (Wildman–Crippen MR) is 106 cm³/mol. The van der Waals surface area contributed by atoms with Gasteiger partial charge in [-0.3, -0.25) is 5.32 Å². The molecule has 0 radical (unpaired) electrons. The van der Waals surface area contributed by atoms with Gasteiger partial charge in [0.1, 0.15) is 6.61 Å². The molecule has 0 bridgehead atoms. The number of aromatic nitrogens is 2. The first kappa shape index (κ1) is 16.8. The van der Waals surface area contributed by atoms with Gasteiger partial charge in [-0.1, -0.05) is 72.8 Å². The number of benzene rings is 3. The molecule has 3 aromatic carbocycles. The summed E-state index contributed by atoms with van der Waals surface area (Å²) in [4.78, 5) is 16.8. The minimum Gasteiger partial charge on any atom is -0.444 e. The molecule has 0 aliphatic heterocycles. The summed E-state index contributed by atoms with van der Waals surface area (Å²) in [6.07, 6.45) is -0.525. The van der Waals surface area contributed by atoms with Crippen LogP contribution < -0.4 is 5.32 Å². The molecule has 0 aliphatic rings. The Kier molecular flexibility index (Phi) is 4.83. The van der Waals surface area contributed by atoms with Gasteiger partial charge in [0.15, 0.2) is 0 Å². The van der Waals surface area contributed by atoms with Crippen molar-refractivity contribution in [2.24, 2.45) is 0 Å². The number of amides is 1. The van der Waals surface area contributed by atoms with Gasteiger partial charge in [-0.05, 0) is 23.3 Å². The highest BCUT2D eigenvalue weighted by Crippen LogP contribution is 2.21. The van der Waals surface area contributed by atoms with Gasteiger partial charge < -0.3 is 9.30 Å². The summed E-state index contributed by atoms with van der Waals surface area (Å²) in [5.41, 5.74) is 3.85. The molecule has 4 rings (SSSR count). The number of para-hydroxylation sites is 2. The van der Waals surface area contributed by atoms with E-state index in [1.54, 1.807) is 0 Å². The minimum absolute atomic E-state index is 0.214. The van der Waals surface area contributed by atoms with Crippen LogP contribution in [0.4, 0.5) is 10.7 Å². The Morgan fingerprint density at radius 3 is 2.22 bits per heavy atom. The smallest absolute Gasteiger partial charge is 0.414 e. The van der Waals surface area contributed by atoms with Crippen LogP contribution in [0.5, 0.6) is 0 Å². The zero-order valence-electron chi connectivity index (χ0n) is 14.7. The van der Waals surface area contributed by atoms with E-state index in [0.717, 1.165) is 22.2 Å². The lowest BCUT2D eigenvalue weighted by Gasteiger charge is -2.11. The van der Waals surface area contributed by atoms with Crippen molar-refractivity contribution in [2.75, 3.05) is 5.32 Å². The molecule has 0 saturated carbocycles. The van der Waals surface area contributed by atoms with Crippen LogP contribution in [0.2, 0.25) is 0 Å². The summed E-state index contributed by atoms with van der Waals surface area (Å²) in [6.45, 7) is 0.821. The highest BCUT2D eigenvalue weighted by Gasteiger charge is 2.14. The summed E-state index contributed by atoms with van der Waals surface area (Å²) in [5.74, 6) is 0.470. The number of nitrogens with one attached hydrogen (secondary N) is 1. The molecule has 0 spiro atoms. The molecule has 0 aliphatic carbocycles. The van der Waals surface area contributed by atoms with E-state index in [0.29, 0.717) is 12.5 Å². The van der Waals surface area contributed by atoms with Crippen molar-refractivity contribution < 1.29 is 9.53 Å². The summed E-state index contributed by atoms with van der Waals surface area (Å²) in [7, 11) is 0. The standard InChI is InChI=1S/C22H19N3O2/c26-22(27-16-18-11-5-2-6-12-18)24-21-23-19-13-7-8-14-20(19)25(21)15-17-9-3-1-4-10-17/h1-14H,15-16H2,(H,23,24,26). The fraction of sp³-hybridized carbons (Fsp3) is 0.0909. The van der Waals surface area contributed by atoms with E-state index in [-0.39, 0.29) is 6.61 Å². The Bertz CT molecular complexity index is 1040. The highest BCUT2D eigenvalue weighted by atomic mass is 16.5. The van der Waals surface area contributed by atoms with Crippen molar-refractivity contribution in [2.45, 2.75) is 13.2 Å². The fourth-order valence-corrected chi connectivity index (χ4v) is 2.95. The fourth-order valence-electron chi connectivity index (χ4n) is 2.95. The van der Waals surface area contributed by atoms with Gasteiger partial charge in [0, 0.05) is 0 Å². The highest BCUT2D eigenvalue weighted by molar-refractivity contribution is 5.87. The van der Waals surface area contributed by atoms with E-state index in [9.17, 15) is 4.79 Å². The third-order valence-electron chi connectivity index (χ3n) is 4.26. The maximum absolute atomic E-state index is 12.3. The van der Waals surface area contributed by atoms with E-state index in [1.165, 1.54) is 0 Å². The van der Waals surface area contributed by atoms with Crippen LogP contribution in [0, 0.1) is 0 Å². The van der Waals surface area contributed by atoms with Gasteiger partial charge in [0.25, 0.3) is 0 Å². The Hall–Kier alpha value is -3.60. The number of nitrogens with zero attached hydrogens (tertiary/aromatic N) is 2. The average Bonchev–Trinajstić information content (AvgIpc) is 3.05. The molecule has 27 heavy (non-hydrogen) atoms. The second-order valence-electron chi connectivity index (χ2n) is 6.18. The molecule has 0 unspecified atom stereocenters. The maximum Gasteiger partial charge on any atom is 0.414 e. The molecule has 5 nitrogen and oxygen atoms in total. The number of rotatable bonds is 5. The zero-order chi connectivity index (χ0) is 18.5. The molecular weight excluding hydrogens is 338 g/mol. The lowest BCUT2D eigenvalue weighted by molar-refractivity contribution is 0.155. The maximum atomic E-state index is 12.3. The van der Waals surface area contributed by atoms with Crippen LogP contribution in [0.3, 0.4) is 0 Å². The van der Waals surface area contributed by atoms with E-state index in [2.05, 4.69) is 10.3 Å². The number of hydrogen-bond acceptors (Lipinski definition) is 3. The number of hydrogen-bond donors (Lipinski definition) is 1. The summed E-state index contributed by atoms with van der Waals surface area (Å²) < 4.78 is 7.31. The van der Waals surface area contributed by atoms with E-state index in [1.807, 2.05) is 89.5 Å². The summed E-state index contributed by atoms with van der Waals surface area (Å²) >= 11 is 0. The molecule has 4 aromatic rings. The van der Waals surface area contributed by atoms with Crippen molar-refractivity contribution in [1.82, 2.24) is 9.55 Å². The first-order chi connectivity index (χ1) is 13.3. The van der Waals surface area contributed by atoms with Crippen LogP contribution in [-0.4, -0.2) is 15.6 Å². The van der Waals surface area contributed by atoms with E-state index in [4.69, 9.17) is 4.74 Å². The van der Waals surface area contributed by atoms with Gasteiger partial charge in [0.2, 0.25) is 5.95 Å². The number of carbonyl (C=O) groups is 1. The minimum atomic E-state index is -0.525. The zero-order valence-corrected chi connectivity index (χ0v) is 14.7. The number of ether oxygens (including phenoxy) is 1. The van der Waals surface area contributed by atoms with Gasteiger partial charge in [-0.25, -0.2) is 9.78 Å². The first-order valence-electron chi connectivity index (χ1n) is 8.76. The molecule has 1 amide bonds. The van der Waals surface area contributed by atoms with Crippen LogP contribution in [-0.2, 0) is 17.9 Å². The van der Waals surface area contributed by atoms with E-state index < -0.39 is 6.09 Å². The number of fused-ring (bicyclic) bond motifs is 1. The lowest BCUT2D eigenvalue weighted by atomic mass is 10.2. The second-order valence-corrected chi connectivity index (χ2v) is 6.18. The quantitative estimate of drug-likeness (QED) is 0.556. The van der Waals surface area contributed by atoms with Crippen molar-refractivity contribution in [3.05, 3.63) is 96.1 Å². The Balaban J connectivity index is 1.55. The Labute approximate surface area is 157 Å². The third kappa shape index (κ3) is 3.98. The van der Waals surface area contributed by atoms with Crippen LogP contribution in [0.1, 0.15) is 11.1 Å². The van der Waals surface area contributed by atoms with Crippen molar-refractivity contribution in [3.8, 4) is 0 Å². The Morgan fingerprint density at radius 1 is 0.852 bits per heavy atom. The second kappa shape index (κ2) is 7.74. The predicted octanol–water partition coefficient (Wildman–Crippen LogP) is 4.83. The monoisotopic (exact) mass is 357 g/mol. The average molecular weight is 357 g/mol. The van der Waals surface area contributed by atoms with Gasteiger partial charge in [-0.15, -0.1) is 0 Å². The van der Waals surface area contributed by atoms with Crippen molar-refractivity contribution >= 4 is 23.1 Å². The third-order valence-corrected chi connectivity index (χ3v) is 4.26. The number of carbonyl (C=O) groups excluding carboxylic acids is 1.